The predicted molar refractivity (Wildman–Crippen MR) is 68.7 cm³/mol. The Morgan fingerprint density at radius 3 is 2.70 bits per heavy atom. The molecule has 20 heavy (non-hydrogen) atoms. The number of alkyl halides is 2. The number of hydrogen-bond acceptors (Lipinski definition) is 5. The minimum absolute atomic E-state index is 0.0284. The van der Waals surface area contributed by atoms with E-state index < -0.39 is 24.9 Å². The summed E-state index contributed by atoms with van der Waals surface area (Å²) in [6.07, 6.45) is -2.69. The molecule has 1 amide bonds. The fourth-order valence-electron chi connectivity index (χ4n) is 1.45. The normalized spacial score (nSPS) is 10.8. The van der Waals surface area contributed by atoms with Crippen LogP contribution in [0, 0.1) is 6.92 Å². The van der Waals surface area contributed by atoms with Gasteiger partial charge in [-0.2, -0.15) is 4.37 Å². The molecule has 0 aliphatic carbocycles. The standard InChI is InChI=1S/C11H14F2N2O4S/c1-6-9(11(17)18)10(20-14-6)15(2)8(16)3-4-19-5-7(12)13/h7H,3-5H2,1-2H3,(H,17,18). The van der Waals surface area contributed by atoms with E-state index >= 15 is 0 Å². The topological polar surface area (TPSA) is 79.7 Å². The highest BCUT2D eigenvalue weighted by Crippen LogP contribution is 2.28. The van der Waals surface area contributed by atoms with Gasteiger partial charge >= 0.3 is 5.97 Å². The Labute approximate surface area is 118 Å². The van der Waals surface area contributed by atoms with Crippen molar-refractivity contribution in [2.45, 2.75) is 19.8 Å². The van der Waals surface area contributed by atoms with Crippen molar-refractivity contribution in [3.8, 4) is 0 Å². The van der Waals surface area contributed by atoms with Crippen LogP contribution in [0.2, 0.25) is 0 Å². The number of carbonyl (C=O) groups excluding carboxylic acids is 1. The molecule has 0 saturated heterocycles. The second kappa shape index (κ2) is 7.25. The van der Waals surface area contributed by atoms with Gasteiger partial charge in [-0.1, -0.05) is 0 Å². The molecule has 0 saturated carbocycles. The van der Waals surface area contributed by atoms with E-state index in [4.69, 9.17) is 5.11 Å². The van der Waals surface area contributed by atoms with Gasteiger partial charge < -0.3 is 14.7 Å². The monoisotopic (exact) mass is 308 g/mol. The maximum absolute atomic E-state index is 11.8. The van der Waals surface area contributed by atoms with E-state index in [1.165, 1.54) is 14.0 Å². The van der Waals surface area contributed by atoms with Crippen LogP contribution in [0.4, 0.5) is 13.8 Å². The molecule has 9 heteroatoms. The Bertz CT molecular complexity index is 493. The number of carbonyl (C=O) groups is 2. The summed E-state index contributed by atoms with van der Waals surface area (Å²) in [5.74, 6) is -1.59. The molecule has 0 aliphatic heterocycles. The minimum atomic E-state index is -2.58. The van der Waals surface area contributed by atoms with Crippen LogP contribution in [0.25, 0.3) is 0 Å². The lowest BCUT2D eigenvalue weighted by Crippen LogP contribution is -2.28. The number of aromatic nitrogens is 1. The number of amides is 1. The van der Waals surface area contributed by atoms with Crippen LogP contribution >= 0.6 is 11.5 Å². The van der Waals surface area contributed by atoms with E-state index in [-0.39, 0.29) is 23.6 Å². The molecule has 0 unspecified atom stereocenters. The fourth-order valence-corrected chi connectivity index (χ4v) is 2.31. The number of ether oxygens (including phenoxy) is 1. The molecule has 0 radical (unpaired) electrons. The molecular formula is C11H14F2N2O4S. The molecule has 0 fully saturated rings. The van der Waals surface area contributed by atoms with E-state index in [0.29, 0.717) is 5.69 Å². The first-order chi connectivity index (χ1) is 9.34. The van der Waals surface area contributed by atoms with Crippen LogP contribution < -0.4 is 4.90 Å². The molecule has 0 bridgehead atoms. The number of hydrogen-bond donors (Lipinski definition) is 1. The Morgan fingerprint density at radius 1 is 1.50 bits per heavy atom. The average Bonchev–Trinajstić information content (AvgIpc) is 2.75. The maximum atomic E-state index is 11.8. The molecule has 1 aromatic rings. The van der Waals surface area contributed by atoms with E-state index in [0.717, 1.165) is 16.4 Å². The zero-order chi connectivity index (χ0) is 15.3. The summed E-state index contributed by atoms with van der Waals surface area (Å²) in [5, 5.41) is 9.28. The molecular weight excluding hydrogens is 294 g/mol. The largest absolute Gasteiger partial charge is 0.478 e. The molecule has 0 atom stereocenters. The summed E-state index contributed by atoms with van der Waals surface area (Å²) in [4.78, 5) is 24.1. The van der Waals surface area contributed by atoms with Crippen molar-refractivity contribution in [3.63, 3.8) is 0 Å². The number of carboxylic acid groups (broad SMARTS) is 1. The van der Waals surface area contributed by atoms with Crippen molar-refractivity contribution in [1.82, 2.24) is 4.37 Å². The second-order valence-corrected chi connectivity index (χ2v) is 4.67. The molecule has 0 aromatic carbocycles. The van der Waals surface area contributed by atoms with Gasteiger partial charge in [-0.15, -0.1) is 0 Å². The minimum Gasteiger partial charge on any atom is -0.478 e. The average molecular weight is 308 g/mol. The van der Waals surface area contributed by atoms with Crippen molar-refractivity contribution in [2.24, 2.45) is 0 Å². The summed E-state index contributed by atoms with van der Waals surface area (Å²) in [6, 6.07) is 0. The number of anilines is 1. The number of nitrogens with zero attached hydrogens (tertiary/aromatic N) is 2. The smallest absolute Gasteiger partial charge is 0.340 e. The van der Waals surface area contributed by atoms with Gasteiger partial charge in [0.25, 0.3) is 6.43 Å². The van der Waals surface area contributed by atoms with Gasteiger partial charge in [0.15, 0.2) is 0 Å². The van der Waals surface area contributed by atoms with Crippen LogP contribution in [0.5, 0.6) is 0 Å². The highest BCUT2D eigenvalue weighted by atomic mass is 32.1. The number of aromatic carboxylic acids is 1. The molecule has 1 N–H and O–H groups in total. The lowest BCUT2D eigenvalue weighted by molar-refractivity contribution is -0.119. The quantitative estimate of drug-likeness (QED) is 0.777. The molecule has 112 valence electrons. The van der Waals surface area contributed by atoms with Gasteiger partial charge in [-0.25, -0.2) is 13.6 Å². The zero-order valence-corrected chi connectivity index (χ0v) is 11.7. The molecule has 1 heterocycles. The molecule has 6 nitrogen and oxygen atoms in total. The fraction of sp³-hybridized carbons (Fsp3) is 0.545. The SMILES string of the molecule is Cc1nsc(N(C)C(=O)CCOCC(F)F)c1C(=O)O. The first-order valence-corrected chi connectivity index (χ1v) is 6.44. The van der Waals surface area contributed by atoms with Gasteiger partial charge in [0.05, 0.1) is 18.7 Å². The summed E-state index contributed by atoms with van der Waals surface area (Å²) in [5.41, 5.74) is 0.297. The Kier molecular flexibility index (Phi) is 5.96. The van der Waals surface area contributed by atoms with E-state index in [1.807, 2.05) is 0 Å². The lowest BCUT2D eigenvalue weighted by atomic mass is 10.2. The zero-order valence-electron chi connectivity index (χ0n) is 10.9. The highest BCUT2D eigenvalue weighted by molar-refractivity contribution is 7.11. The van der Waals surface area contributed by atoms with Crippen LogP contribution in [0.3, 0.4) is 0 Å². The van der Waals surface area contributed by atoms with Gasteiger partial charge in [-0.3, -0.25) is 4.79 Å². The number of halogens is 2. The number of rotatable bonds is 7. The van der Waals surface area contributed by atoms with Crippen LogP contribution in [0.1, 0.15) is 22.5 Å². The third kappa shape index (κ3) is 4.20. The van der Waals surface area contributed by atoms with E-state index in [1.54, 1.807) is 0 Å². The van der Waals surface area contributed by atoms with Crippen molar-refractivity contribution in [1.29, 1.82) is 0 Å². The molecule has 0 spiro atoms. The van der Waals surface area contributed by atoms with E-state index in [9.17, 15) is 18.4 Å². The molecule has 1 aromatic heterocycles. The second-order valence-electron chi connectivity index (χ2n) is 3.92. The Morgan fingerprint density at radius 2 is 2.15 bits per heavy atom. The van der Waals surface area contributed by atoms with Crippen molar-refractivity contribution < 1.29 is 28.2 Å². The van der Waals surface area contributed by atoms with Gasteiger partial charge in [0.1, 0.15) is 17.2 Å². The number of carboxylic acids is 1. The van der Waals surface area contributed by atoms with E-state index in [2.05, 4.69) is 9.11 Å². The van der Waals surface area contributed by atoms with Crippen LogP contribution in [-0.4, -0.2) is 48.0 Å². The summed E-state index contributed by atoms with van der Waals surface area (Å²) < 4.78 is 32.2. The predicted octanol–water partition coefficient (Wildman–Crippen LogP) is 1.78. The Hall–Kier alpha value is -1.61. The van der Waals surface area contributed by atoms with Crippen molar-refractivity contribution in [2.75, 3.05) is 25.2 Å². The van der Waals surface area contributed by atoms with Gasteiger partial charge in [0, 0.05) is 7.05 Å². The first-order valence-electron chi connectivity index (χ1n) is 5.66. The third-order valence-electron chi connectivity index (χ3n) is 2.44. The van der Waals surface area contributed by atoms with Crippen LogP contribution in [0.15, 0.2) is 0 Å². The lowest BCUT2D eigenvalue weighted by Gasteiger charge is -2.15. The maximum Gasteiger partial charge on any atom is 0.340 e. The summed E-state index contributed by atoms with van der Waals surface area (Å²) in [7, 11) is 1.41. The van der Waals surface area contributed by atoms with Gasteiger partial charge in [0.2, 0.25) is 5.91 Å². The Balaban J connectivity index is 2.63. The highest BCUT2D eigenvalue weighted by Gasteiger charge is 2.23. The molecule has 0 aliphatic rings. The van der Waals surface area contributed by atoms with Crippen molar-refractivity contribution in [3.05, 3.63) is 11.3 Å². The first kappa shape index (κ1) is 16.4. The van der Waals surface area contributed by atoms with Crippen LogP contribution in [-0.2, 0) is 9.53 Å². The summed E-state index contributed by atoms with van der Waals surface area (Å²) >= 11 is 0.898. The van der Waals surface area contributed by atoms with Gasteiger partial charge in [-0.05, 0) is 18.5 Å². The molecule has 1 rings (SSSR count). The number of aryl methyl sites for hydroxylation is 1. The van der Waals surface area contributed by atoms with Crippen molar-refractivity contribution >= 4 is 28.4 Å². The summed E-state index contributed by atoms with van der Waals surface area (Å²) in [6.45, 7) is 0.665. The third-order valence-corrected chi connectivity index (χ3v) is 3.46.